The molecule has 2 nitrogen and oxygen atoms in total. The van der Waals surface area contributed by atoms with Crippen LogP contribution in [0.3, 0.4) is 0 Å². The molecule has 0 heterocycles. The molecule has 0 radical (unpaired) electrons. The molecule has 0 saturated heterocycles. The van der Waals surface area contributed by atoms with Crippen molar-refractivity contribution in [3.05, 3.63) is 0 Å². The molecule has 0 spiro atoms. The fraction of sp³-hybridized carbons (Fsp3) is 1.00. The third-order valence-electron chi connectivity index (χ3n) is 3.37. The maximum atomic E-state index is 9.54. The van der Waals surface area contributed by atoms with Crippen LogP contribution in [0.4, 0.5) is 0 Å². The SMILES string of the molecule is CC1(CN[C@@H]2CCC[C@H]2O)CC1. The van der Waals surface area contributed by atoms with Gasteiger partial charge in [0.1, 0.15) is 0 Å². The molecule has 2 N–H and O–H groups in total. The molecule has 12 heavy (non-hydrogen) atoms. The summed E-state index contributed by atoms with van der Waals surface area (Å²) in [5, 5.41) is 13.0. The van der Waals surface area contributed by atoms with Gasteiger partial charge in [-0.3, -0.25) is 0 Å². The lowest BCUT2D eigenvalue weighted by molar-refractivity contribution is 0.146. The van der Waals surface area contributed by atoms with Gasteiger partial charge in [0.25, 0.3) is 0 Å². The van der Waals surface area contributed by atoms with E-state index in [2.05, 4.69) is 12.2 Å². The molecule has 2 aliphatic carbocycles. The zero-order valence-corrected chi connectivity index (χ0v) is 7.84. The van der Waals surface area contributed by atoms with Crippen LogP contribution in [-0.4, -0.2) is 23.8 Å². The number of aliphatic hydroxyl groups is 1. The molecule has 0 unspecified atom stereocenters. The summed E-state index contributed by atoms with van der Waals surface area (Å²) < 4.78 is 0. The van der Waals surface area contributed by atoms with Crippen LogP contribution in [0.25, 0.3) is 0 Å². The van der Waals surface area contributed by atoms with Gasteiger partial charge in [-0.15, -0.1) is 0 Å². The van der Waals surface area contributed by atoms with Crippen molar-refractivity contribution in [2.45, 2.75) is 51.2 Å². The first kappa shape index (κ1) is 8.52. The van der Waals surface area contributed by atoms with E-state index in [0.29, 0.717) is 11.5 Å². The largest absolute Gasteiger partial charge is 0.392 e. The summed E-state index contributed by atoms with van der Waals surface area (Å²) >= 11 is 0. The van der Waals surface area contributed by atoms with E-state index in [1.165, 1.54) is 19.3 Å². The summed E-state index contributed by atoms with van der Waals surface area (Å²) in [5.41, 5.74) is 0.572. The minimum absolute atomic E-state index is 0.0765. The van der Waals surface area contributed by atoms with E-state index in [1.54, 1.807) is 0 Å². The first-order valence-corrected chi connectivity index (χ1v) is 5.11. The lowest BCUT2D eigenvalue weighted by atomic mass is 10.1. The van der Waals surface area contributed by atoms with Gasteiger partial charge in [-0.25, -0.2) is 0 Å². The Bertz CT molecular complexity index is 165. The Balaban J connectivity index is 1.72. The van der Waals surface area contributed by atoms with Crippen molar-refractivity contribution in [2.24, 2.45) is 5.41 Å². The number of aliphatic hydroxyl groups excluding tert-OH is 1. The van der Waals surface area contributed by atoms with Crippen LogP contribution in [0.1, 0.15) is 39.0 Å². The van der Waals surface area contributed by atoms with Gasteiger partial charge in [0.2, 0.25) is 0 Å². The molecule has 2 atom stereocenters. The molecule has 2 aliphatic rings. The second kappa shape index (κ2) is 3.00. The second-order valence-electron chi connectivity index (χ2n) is 4.80. The van der Waals surface area contributed by atoms with E-state index in [9.17, 15) is 5.11 Å². The average Bonchev–Trinajstić information content (AvgIpc) is 2.61. The molecule has 0 aliphatic heterocycles. The van der Waals surface area contributed by atoms with Crippen LogP contribution in [-0.2, 0) is 0 Å². The van der Waals surface area contributed by atoms with Gasteiger partial charge >= 0.3 is 0 Å². The van der Waals surface area contributed by atoms with Crippen molar-refractivity contribution in [1.82, 2.24) is 5.32 Å². The summed E-state index contributed by atoms with van der Waals surface area (Å²) in [5.74, 6) is 0. The molecule has 2 heteroatoms. The Kier molecular flexibility index (Phi) is 2.13. The highest BCUT2D eigenvalue weighted by Gasteiger charge is 2.38. The van der Waals surface area contributed by atoms with E-state index in [0.717, 1.165) is 19.4 Å². The van der Waals surface area contributed by atoms with Crippen LogP contribution in [0.15, 0.2) is 0 Å². The monoisotopic (exact) mass is 169 g/mol. The maximum Gasteiger partial charge on any atom is 0.0693 e. The fourth-order valence-electron chi connectivity index (χ4n) is 1.95. The van der Waals surface area contributed by atoms with Crippen LogP contribution < -0.4 is 5.32 Å². The van der Waals surface area contributed by atoms with E-state index in [1.807, 2.05) is 0 Å². The Hall–Kier alpha value is -0.0800. The van der Waals surface area contributed by atoms with Crippen LogP contribution in [0.5, 0.6) is 0 Å². The minimum Gasteiger partial charge on any atom is -0.392 e. The number of hydrogen-bond acceptors (Lipinski definition) is 2. The minimum atomic E-state index is -0.0765. The van der Waals surface area contributed by atoms with Crippen LogP contribution >= 0.6 is 0 Å². The molecule has 2 saturated carbocycles. The van der Waals surface area contributed by atoms with Crippen molar-refractivity contribution >= 4 is 0 Å². The zero-order chi connectivity index (χ0) is 8.60. The molecule has 0 amide bonds. The topological polar surface area (TPSA) is 32.3 Å². The van der Waals surface area contributed by atoms with E-state index >= 15 is 0 Å². The van der Waals surface area contributed by atoms with Gasteiger partial charge < -0.3 is 10.4 Å². The lowest BCUT2D eigenvalue weighted by Gasteiger charge is -2.18. The Morgan fingerprint density at radius 1 is 1.42 bits per heavy atom. The molecular weight excluding hydrogens is 150 g/mol. The second-order valence-corrected chi connectivity index (χ2v) is 4.80. The first-order chi connectivity index (χ1) is 5.70. The molecule has 0 bridgehead atoms. The van der Waals surface area contributed by atoms with E-state index in [-0.39, 0.29) is 6.10 Å². The van der Waals surface area contributed by atoms with Gasteiger partial charge in [-0.2, -0.15) is 0 Å². The first-order valence-electron chi connectivity index (χ1n) is 5.11. The van der Waals surface area contributed by atoms with Crippen LogP contribution in [0, 0.1) is 5.41 Å². The van der Waals surface area contributed by atoms with Gasteiger partial charge in [-0.1, -0.05) is 6.92 Å². The standard InChI is InChI=1S/C10H19NO/c1-10(5-6-10)7-11-8-3-2-4-9(8)12/h8-9,11-12H,2-7H2,1H3/t8-,9-/m1/s1. The predicted octanol–water partition coefficient (Wildman–Crippen LogP) is 1.29. The fourth-order valence-corrected chi connectivity index (χ4v) is 1.95. The van der Waals surface area contributed by atoms with E-state index < -0.39 is 0 Å². The smallest absolute Gasteiger partial charge is 0.0693 e. The predicted molar refractivity (Wildman–Crippen MR) is 49.0 cm³/mol. The maximum absolute atomic E-state index is 9.54. The van der Waals surface area contributed by atoms with E-state index in [4.69, 9.17) is 0 Å². The van der Waals surface area contributed by atoms with Crippen molar-refractivity contribution in [3.8, 4) is 0 Å². The van der Waals surface area contributed by atoms with Gasteiger partial charge in [0.15, 0.2) is 0 Å². The normalized spacial score (nSPS) is 38.5. The van der Waals surface area contributed by atoms with Crippen molar-refractivity contribution in [2.75, 3.05) is 6.54 Å². The third kappa shape index (κ3) is 1.80. The highest BCUT2D eigenvalue weighted by molar-refractivity contribution is 4.93. The highest BCUT2D eigenvalue weighted by Crippen LogP contribution is 2.44. The molecule has 70 valence electrons. The van der Waals surface area contributed by atoms with Crippen LogP contribution in [0.2, 0.25) is 0 Å². The lowest BCUT2D eigenvalue weighted by Crippen LogP contribution is -2.38. The zero-order valence-electron chi connectivity index (χ0n) is 7.84. The average molecular weight is 169 g/mol. The van der Waals surface area contributed by atoms with Crippen molar-refractivity contribution in [1.29, 1.82) is 0 Å². The van der Waals surface area contributed by atoms with Crippen molar-refractivity contribution in [3.63, 3.8) is 0 Å². The van der Waals surface area contributed by atoms with Gasteiger partial charge in [-0.05, 0) is 37.5 Å². The molecule has 2 rings (SSSR count). The Morgan fingerprint density at radius 2 is 2.17 bits per heavy atom. The number of rotatable bonds is 3. The summed E-state index contributed by atoms with van der Waals surface area (Å²) in [6.07, 6.45) is 6.00. The molecule has 2 fully saturated rings. The summed E-state index contributed by atoms with van der Waals surface area (Å²) in [7, 11) is 0. The molecule has 0 aromatic rings. The molecule has 0 aromatic carbocycles. The molecule has 0 aromatic heterocycles. The molecular formula is C10H19NO. The van der Waals surface area contributed by atoms with Crippen molar-refractivity contribution < 1.29 is 5.11 Å². The summed E-state index contributed by atoms with van der Waals surface area (Å²) in [6, 6.07) is 0.391. The Labute approximate surface area is 74.4 Å². The van der Waals surface area contributed by atoms with Gasteiger partial charge in [0.05, 0.1) is 6.10 Å². The number of hydrogen-bond donors (Lipinski definition) is 2. The summed E-state index contributed by atoms with van der Waals surface area (Å²) in [6.45, 7) is 3.43. The third-order valence-corrected chi connectivity index (χ3v) is 3.37. The quantitative estimate of drug-likeness (QED) is 0.667. The van der Waals surface area contributed by atoms with Gasteiger partial charge in [0, 0.05) is 12.6 Å². The Morgan fingerprint density at radius 3 is 2.67 bits per heavy atom. The highest BCUT2D eigenvalue weighted by atomic mass is 16.3. The number of nitrogens with one attached hydrogen (secondary N) is 1. The summed E-state index contributed by atoms with van der Waals surface area (Å²) in [4.78, 5) is 0.